The van der Waals surface area contributed by atoms with Crippen LogP contribution in [0, 0.1) is 6.92 Å². The van der Waals surface area contributed by atoms with E-state index < -0.39 is 0 Å². The standard InChI is InChI=1S/C13H13BrClN/c1-8-10-6-9(15)7-11(14)13(10)16-5-3-2-4-12(8)16/h6-7H,2-5H2,1H3. The minimum Gasteiger partial charge on any atom is -0.343 e. The molecule has 16 heavy (non-hydrogen) atoms. The van der Waals surface area contributed by atoms with Crippen LogP contribution in [0.4, 0.5) is 0 Å². The van der Waals surface area contributed by atoms with Crippen LogP contribution in [0.1, 0.15) is 24.1 Å². The van der Waals surface area contributed by atoms with Gasteiger partial charge in [-0.3, -0.25) is 0 Å². The fourth-order valence-electron chi connectivity index (χ4n) is 2.75. The molecule has 0 spiro atoms. The van der Waals surface area contributed by atoms with Crippen molar-refractivity contribution in [3.05, 3.63) is 32.9 Å². The molecule has 1 aromatic heterocycles. The van der Waals surface area contributed by atoms with Crippen LogP contribution in [0.3, 0.4) is 0 Å². The Hall–Kier alpha value is -0.470. The molecule has 2 aromatic rings. The lowest BCUT2D eigenvalue weighted by molar-refractivity contribution is 0.542. The Morgan fingerprint density at radius 3 is 2.94 bits per heavy atom. The van der Waals surface area contributed by atoms with Crippen molar-refractivity contribution in [3.63, 3.8) is 0 Å². The van der Waals surface area contributed by atoms with Gasteiger partial charge < -0.3 is 4.57 Å². The molecule has 2 heterocycles. The highest BCUT2D eigenvalue weighted by Gasteiger charge is 2.19. The molecule has 1 aliphatic rings. The first-order valence-corrected chi connectivity index (χ1v) is 6.82. The summed E-state index contributed by atoms with van der Waals surface area (Å²) in [4.78, 5) is 0. The zero-order chi connectivity index (χ0) is 11.3. The Morgan fingerprint density at radius 2 is 2.12 bits per heavy atom. The number of rotatable bonds is 0. The van der Waals surface area contributed by atoms with E-state index in [2.05, 4.69) is 33.5 Å². The number of aromatic nitrogens is 1. The van der Waals surface area contributed by atoms with Crippen molar-refractivity contribution >= 4 is 38.4 Å². The smallest absolute Gasteiger partial charge is 0.0630 e. The summed E-state index contributed by atoms with van der Waals surface area (Å²) in [6.45, 7) is 3.35. The van der Waals surface area contributed by atoms with Gasteiger partial charge in [0.15, 0.2) is 0 Å². The first-order valence-electron chi connectivity index (χ1n) is 5.65. The van der Waals surface area contributed by atoms with Gasteiger partial charge in [0.1, 0.15) is 0 Å². The largest absolute Gasteiger partial charge is 0.343 e. The SMILES string of the molecule is Cc1c2n(c3c(Br)cc(Cl)cc13)CCCC2. The molecule has 1 aliphatic heterocycles. The number of halogens is 2. The van der Waals surface area contributed by atoms with Gasteiger partial charge in [0.25, 0.3) is 0 Å². The predicted octanol–water partition coefficient (Wildman–Crippen LogP) is 4.70. The quantitative estimate of drug-likeness (QED) is 0.664. The average Bonchev–Trinajstić information content (AvgIpc) is 2.54. The number of hydrogen-bond acceptors (Lipinski definition) is 0. The first-order chi connectivity index (χ1) is 7.68. The van der Waals surface area contributed by atoms with Crippen LogP contribution < -0.4 is 0 Å². The van der Waals surface area contributed by atoms with E-state index in [1.807, 2.05) is 6.07 Å². The maximum absolute atomic E-state index is 6.12. The van der Waals surface area contributed by atoms with Gasteiger partial charge in [-0.05, 0) is 59.8 Å². The molecule has 0 saturated carbocycles. The molecule has 1 aromatic carbocycles. The first kappa shape index (κ1) is 10.7. The Morgan fingerprint density at radius 1 is 1.31 bits per heavy atom. The van der Waals surface area contributed by atoms with Crippen LogP contribution >= 0.6 is 27.5 Å². The molecule has 0 bridgehead atoms. The summed E-state index contributed by atoms with van der Waals surface area (Å²) in [7, 11) is 0. The molecule has 3 rings (SSSR count). The van der Waals surface area contributed by atoms with Gasteiger partial charge in [0.05, 0.1) is 5.52 Å². The fraction of sp³-hybridized carbons (Fsp3) is 0.385. The predicted molar refractivity (Wildman–Crippen MR) is 72.3 cm³/mol. The van der Waals surface area contributed by atoms with Gasteiger partial charge in [-0.1, -0.05) is 11.6 Å². The normalized spacial score (nSPS) is 15.4. The Bertz CT molecular complexity index is 571. The van der Waals surface area contributed by atoms with Gasteiger partial charge in [0, 0.05) is 27.1 Å². The zero-order valence-electron chi connectivity index (χ0n) is 9.19. The monoisotopic (exact) mass is 297 g/mol. The van der Waals surface area contributed by atoms with Crippen LogP contribution in [0.5, 0.6) is 0 Å². The highest BCUT2D eigenvalue weighted by molar-refractivity contribution is 9.10. The maximum atomic E-state index is 6.12. The second-order valence-corrected chi connectivity index (χ2v) is 5.75. The number of nitrogens with zero attached hydrogens (tertiary/aromatic N) is 1. The van der Waals surface area contributed by atoms with E-state index in [1.54, 1.807) is 0 Å². The van der Waals surface area contributed by atoms with Crippen molar-refractivity contribution in [1.82, 2.24) is 4.57 Å². The topological polar surface area (TPSA) is 4.93 Å². The summed E-state index contributed by atoms with van der Waals surface area (Å²) < 4.78 is 3.57. The van der Waals surface area contributed by atoms with Crippen molar-refractivity contribution in [2.24, 2.45) is 0 Å². The summed E-state index contributed by atoms with van der Waals surface area (Å²) in [5.74, 6) is 0. The van der Waals surface area contributed by atoms with E-state index in [0.29, 0.717) is 0 Å². The van der Waals surface area contributed by atoms with E-state index in [-0.39, 0.29) is 0 Å². The van der Waals surface area contributed by atoms with Crippen molar-refractivity contribution in [1.29, 1.82) is 0 Å². The minimum atomic E-state index is 0.811. The second-order valence-electron chi connectivity index (χ2n) is 4.46. The lowest BCUT2D eigenvalue weighted by atomic mass is 10.1. The summed E-state index contributed by atoms with van der Waals surface area (Å²) in [6.07, 6.45) is 3.79. The molecule has 0 radical (unpaired) electrons. The fourth-order valence-corrected chi connectivity index (χ4v) is 3.77. The molecule has 0 fully saturated rings. The zero-order valence-corrected chi connectivity index (χ0v) is 11.5. The van der Waals surface area contributed by atoms with Crippen LogP contribution in [0.25, 0.3) is 10.9 Å². The van der Waals surface area contributed by atoms with Gasteiger partial charge in [-0.15, -0.1) is 0 Å². The van der Waals surface area contributed by atoms with Gasteiger partial charge in [-0.2, -0.15) is 0 Å². The lowest BCUT2D eigenvalue weighted by Crippen LogP contribution is -2.10. The van der Waals surface area contributed by atoms with Gasteiger partial charge >= 0.3 is 0 Å². The number of aryl methyl sites for hydroxylation is 2. The van der Waals surface area contributed by atoms with E-state index in [9.17, 15) is 0 Å². The number of benzene rings is 1. The molecule has 0 amide bonds. The molecule has 0 aliphatic carbocycles. The van der Waals surface area contributed by atoms with Crippen LogP contribution in [0.2, 0.25) is 5.02 Å². The van der Waals surface area contributed by atoms with Crippen molar-refractivity contribution < 1.29 is 0 Å². The summed E-state index contributed by atoms with van der Waals surface area (Å²) in [5.41, 5.74) is 4.21. The molecular weight excluding hydrogens is 286 g/mol. The molecule has 0 saturated heterocycles. The van der Waals surface area contributed by atoms with E-state index in [1.165, 1.54) is 41.4 Å². The molecule has 0 N–H and O–H groups in total. The average molecular weight is 299 g/mol. The molecule has 84 valence electrons. The molecule has 0 atom stereocenters. The highest BCUT2D eigenvalue weighted by Crippen LogP contribution is 2.36. The highest BCUT2D eigenvalue weighted by atomic mass is 79.9. The van der Waals surface area contributed by atoms with Crippen LogP contribution in [-0.2, 0) is 13.0 Å². The molecule has 3 heteroatoms. The molecular formula is C13H13BrClN. The Kier molecular flexibility index (Phi) is 2.52. The third kappa shape index (κ3) is 1.43. The number of fused-ring (bicyclic) bond motifs is 3. The van der Waals surface area contributed by atoms with Crippen LogP contribution in [-0.4, -0.2) is 4.57 Å². The van der Waals surface area contributed by atoms with Gasteiger partial charge in [-0.25, -0.2) is 0 Å². The maximum Gasteiger partial charge on any atom is 0.0630 e. The number of hydrogen-bond donors (Lipinski definition) is 0. The van der Waals surface area contributed by atoms with E-state index in [0.717, 1.165) is 16.0 Å². The van der Waals surface area contributed by atoms with E-state index in [4.69, 9.17) is 11.6 Å². The third-order valence-corrected chi connectivity index (χ3v) is 4.33. The third-order valence-electron chi connectivity index (χ3n) is 3.51. The minimum absolute atomic E-state index is 0.811. The second kappa shape index (κ2) is 3.78. The van der Waals surface area contributed by atoms with Crippen LogP contribution in [0.15, 0.2) is 16.6 Å². The molecule has 1 nitrogen and oxygen atoms in total. The Balaban J connectivity index is 2.44. The van der Waals surface area contributed by atoms with Crippen molar-refractivity contribution in [3.8, 4) is 0 Å². The Labute approximate surface area is 109 Å². The summed E-state index contributed by atoms with van der Waals surface area (Å²) >= 11 is 9.76. The van der Waals surface area contributed by atoms with Crippen molar-refractivity contribution in [2.45, 2.75) is 32.7 Å². The lowest BCUT2D eigenvalue weighted by Gasteiger charge is -2.17. The van der Waals surface area contributed by atoms with E-state index >= 15 is 0 Å². The van der Waals surface area contributed by atoms with Gasteiger partial charge in [0.2, 0.25) is 0 Å². The summed E-state index contributed by atoms with van der Waals surface area (Å²) in [6, 6.07) is 4.08. The van der Waals surface area contributed by atoms with Crippen molar-refractivity contribution in [2.75, 3.05) is 0 Å². The summed E-state index contributed by atoms with van der Waals surface area (Å²) in [5, 5.41) is 2.11. The molecule has 0 unspecified atom stereocenters.